The Morgan fingerprint density at radius 1 is 1.36 bits per heavy atom. The Bertz CT molecular complexity index is 455. The van der Waals surface area contributed by atoms with Crippen molar-refractivity contribution in [2.45, 2.75) is 6.61 Å². The molecule has 3 nitrogen and oxygen atoms in total. The van der Waals surface area contributed by atoms with Gasteiger partial charge in [-0.25, -0.2) is 9.37 Å². The van der Waals surface area contributed by atoms with Crippen LogP contribution in [-0.2, 0) is 0 Å². The minimum Gasteiger partial charge on any atom is -0.435 e. The second-order valence-corrected chi connectivity index (χ2v) is 2.58. The van der Waals surface area contributed by atoms with E-state index in [4.69, 9.17) is 0 Å². The van der Waals surface area contributed by atoms with E-state index in [9.17, 15) is 13.2 Å². The van der Waals surface area contributed by atoms with Crippen LogP contribution in [0.2, 0.25) is 0 Å². The fraction of sp³-hybridized carbons (Fsp3) is 0.125. The van der Waals surface area contributed by atoms with Crippen LogP contribution in [-0.4, -0.2) is 16.6 Å². The number of aromatic nitrogens is 2. The molecule has 0 atom stereocenters. The summed E-state index contributed by atoms with van der Waals surface area (Å²) in [7, 11) is 0. The maximum atomic E-state index is 13.1. The molecule has 74 valence electrons. The molecule has 2 rings (SSSR count). The summed E-state index contributed by atoms with van der Waals surface area (Å²) < 4.78 is 40.8. The number of nitrogens with one attached hydrogen (secondary N) is 1. The van der Waals surface area contributed by atoms with Gasteiger partial charge in [-0.1, -0.05) is 0 Å². The highest BCUT2D eigenvalue weighted by Crippen LogP contribution is 2.22. The molecule has 0 bridgehead atoms. The summed E-state index contributed by atoms with van der Waals surface area (Å²) in [5, 5.41) is 0. The predicted molar refractivity (Wildman–Crippen MR) is 42.7 cm³/mol. The van der Waals surface area contributed by atoms with Gasteiger partial charge in [0.15, 0.2) is 5.82 Å². The van der Waals surface area contributed by atoms with Crippen LogP contribution in [0.1, 0.15) is 0 Å². The Balaban J connectivity index is 2.47. The molecular weight excluding hydrogens is 197 g/mol. The molecule has 0 aliphatic carbocycles. The highest BCUT2D eigenvalue weighted by Gasteiger charge is 2.10. The Morgan fingerprint density at radius 3 is 2.86 bits per heavy atom. The van der Waals surface area contributed by atoms with Gasteiger partial charge >= 0.3 is 6.61 Å². The number of alkyl halides is 2. The third-order valence-corrected chi connectivity index (χ3v) is 1.68. The van der Waals surface area contributed by atoms with E-state index in [1.165, 1.54) is 12.4 Å². The van der Waals surface area contributed by atoms with Crippen LogP contribution in [0.25, 0.3) is 11.0 Å². The van der Waals surface area contributed by atoms with Crippen molar-refractivity contribution in [3.63, 3.8) is 0 Å². The van der Waals surface area contributed by atoms with Gasteiger partial charge in [0.1, 0.15) is 11.3 Å². The van der Waals surface area contributed by atoms with E-state index >= 15 is 0 Å². The number of benzene rings is 1. The van der Waals surface area contributed by atoms with E-state index in [2.05, 4.69) is 14.7 Å². The van der Waals surface area contributed by atoms with Gasteiger partial charge in [-0.3, -0.25) is 0 Å². The first-order valence-corrected chi connectivity index (χ1v) is 3.74. The molecule has 0 unspecified atom stereocenters. The summed E-state index contributed by atoms with van der Waals surface area (Å²) in [5.74, 6) is -0.923. The zero-order valence-corrected chi connectivity index (χ0v) is 6.80. The van der Waals surface area contributed by atoms with Crippen molar-refractivity contribution in [2.75, 3.05) is 0 Å². The molecule has 0 aliphatic rings. The number of ether oxygens (including phenoxy) is 1. The number of nitrogens with zero attached hydrogens (tertiary/aromatic N) is 1. The van der Waals surface area contributed by atoms with Gasteiger partial charge in [0.05, 0.1) is 11.8 Å². The van der Waals surface area contributed by atoms with Crippen molar-refractivity contribution in [3.8, 4) is 5.75 Å². The van der Waals surface area contributed by atoms with Crippen LogP contribution in [0.3, 0.4) is 0 Å². The molecule has 0 aliphatic heterocycles. The van der Waals surface area contributed by atoms with Crippen LogP contribution in [0.5, 0.6) is 5.75 Å². The van der Waals surface area contributed by atoms with Gasteiger partial charge in [-0.05, 0) is 0 Å². The smallest absolute Gasteiger partial charge is 0.387 e. The zero-order chi connectivity index (χ0) is 10.1. The quantitative estimate of drug-likeness (QED) is 0.811. The SMILES string of the molecule is Fc1cc(OC(F)F)cc2[nH]cnc12. The van der Waals surface area contributed by atoms with Gasteiger partial charge in [0.2, 0.25) is 0 Å². The maximum Gasteiger partial charge on any atom is 0.387 e. The number of H-pyrrole nitrogens is 1. The molecule has 14 heavy (non-hydrogen) atoms. The van der Waals surface area contributed by atoms with Crippen LogP contribution in [0.15, 0.2) is 18.5 Å². The number of hydrogen-bond donors (Lipinski definition) is 1. The second kappa shape index (κ2) is 3.21. The summed E-state index contributed by atoms with van der Waals surface area (Å²) in [4.78, 5) is 6.26. The molecule has 2 aromatic rings. The Morgan fingerprint density at radius 2 is 2.14 bits per heavy atom. The van der Waals surface area contributed by atoms with Crippen molar-refractivity contribution in [1.29, 1.82) is 0 Å². The molecule has 1 N–H and O–H groups in total. The lowest BCUT2D eigenvalue weighted by atomic mass is 10.3. The minimum atomic E-state index is -2.96. The number of imidazole rings is 1. The van der Waals surface area contributed by atoms with E-state index < -0.39 is 12.4 Å². The van der Waals surface area contributed by atoms with Crippen molar-refractivity contribution >= 4 is 11.0 Å². The largest absolute Gasteiger partial charge is 0.435 e. The first kappa shape index (κ1) is 8.86. The average molecular weight is 202 g/mol. The number of halogens is 3. The highest BCUT2D eigenvalue weighted by molar-refractivity contribution is 5.76. The molecule has 0 amide bonds. The molecule has 0 spiro atoms. The van der Waals surface area contributed by atoms with E-state index in [0.717, 1.165) is 6.07 Å². The summed E-state index contributed by atoms with van der Waals surface area (Å²) in [6.07, 6.45) is 1.28. The number of fused-ring (bicyclic) bond motifs is 1. The number of hydrogen-bond acceptors (Lipinski definition) is 2. The average Bonchev–Trinajstić information content (AvgIpc) is 2.50. The van der Waals surface area contributed by atoms with Crippen LogP contribution in [0, 0.1) is 5.82 Å². The topological polar surface area (TPSA) is 37.9 Å². The normalized spacial score (nSPS) is 11.1. The Hall–Kier alpha value is -1.72. The molecule has 0 saturated carbocycles. The summed E-state index contributed by atoms with van der Waals surface area (Å²) in [6, 6.07) is 2.13. The molecular formula is C8H5F3N2O. The van der Waals surface area contributed by atoms with Crippen LogP contribution < -0.4 is 4.74 Å². The van der Waals surface area contributed by atoms with Crippen molar-refractivity contribution in [3.05, 3.63) is 24.3 Å². The molecule has 6 heteroatoms. The highest BCUT2D eigenvalue weighted by atomic mass is 19.3. The Kier molecular flexibility index (Phi) is 2.03. The van der Waals surface area contributed by atoms with Crippen molar-refractivity contribution < 1.29 is 17.9 Å². The van der Waals surface area contributed by atoms with Gasteiger partial charge < -0.3 is 9.72 Å². The fourth-order valence-electron chi connectivity index (χ4n) is 1.15. The van der Waals surface area contributed by atoms with E-state index in [-0.39, 0.29) is 11.3 Å². The summed E-state index contributed by atoms with van der Waals surface area (Å²) in [6.45, 7) is -2.96. The monoisotopic (exact) mass is 202 g/mol. The first-order chi connectivity index (χ1) is 6.66. The van der Waals surface area contributed by atoms with Crippen molar-refractivity contribution in [2.24, 2.45) is 0 Å². The Labute approximate surface area is 76.5 Å². The lowest BCUT2D eigenvalue weighted by Gasteiger charge is -2.03. The van der Waals surface area contributed by atoms with E-state index in [0.29, 0.717) is 5.52 Å². The zero-order valence-electron chi connectivity index (χ0n) is 6.80. The predicted octanol–water partition coefficient (Wildman–Crippen LogP) is 2.30. The minimum absolute atomic E-state index is 0.103. The number of aromatic amines is 1. The van der Waals surface area contributed by atoms with Gasteiger partial charge in [-0.2, -0.15) is 8.78 Å². The third kappa shape index (κ3) is 1.50. The second-order valence-electron chi connectivity index (χ2n) is 2.58. The fourth-order valence-corrected chi connectivity index (χ4v) is 1.15. The maximum absolute atomic E-state index is 13.1. The van der Waals surface area contributed by atoms with Crippen LogP contribution >= 0.6 is 0 Å². The molecule has 0 radical (unpaired) electrons. The number of rotatable bonds is 2. The van der Waals surface area contributed by atoms with Gasteiger partial charge in [-0.15, -0.1) is 0 Å². The summed E-state index contributed by atoms with van der Waals surface area (Å²) in [5.41, 5.74) is 0.423. The van der Waals surface area contributed by atoms with Crippen LogP contribution in [0.4, 0.5) is 13.2 Å². The molecule has 1 heterocycles. The van der Waals surface area contributed by atoms with E-state index in [1.807, 2.05) is 0 Å². The molecule has 1 aromatic heterocycles. The standard InChI is InChI=1S/C8H5F3N2O/c9-5-1-4(14-8(10)11)2-6-7(5)13-3-12-6/h1-3,8H,(H,12,13). The summed E-state index contributed by atoms with van der Waals surface area (Å²) >= 11 is 0. The van der Waals surface area contributed by atoms with Gasteiger partial charge in [0.25, 0.3) is 0 Å². The molecule has 0 saturated heterocycles. The van der Waals surface area contributed by atoms with E-state index in [1.54, 1.807) is 0 Å². The van der Waals surface area contributed by atoms with Gasteiger partial charge in [0, 0.05) is 12.1 Å². The lowest BCUT2D eigenvalue weighted by Crippen LogP contribution is -2.02. The molecule has 0 fully saturated rings. The first-order valence-electron chi connectivity index (χ1n) is 3.74. The lowest BCUT2D eigenvalue weighted by molar-refractivity contribution is -0.0498. The van der Waals surface area contributed by atoms with Crippen molar-refractivity contribution in [1.82, 2.24) is 9.97 Å². The third-order valence-electron chi connectivity index (χ3n) is 1.68. The molecule has 1 aromatic carbocycles.